The van der Waals surface area contributed by atoms with Crippen molar-refractivity contribution in [2.45, 2.75) is 31.5 Å². The summed E-state index contributed by atoms with van der Waals surface area (Å²) in [6, 6.07) is 4.45. The molecule has 30 heavy (non-hydrogen) atoms. The fourth-order valence-corrected chi connectivity index (χ4v) is 3.96. The smallest absolute Gasteiger partial charge is 0.416 e. The van der Waals surface area contributed by atoms with Gasteiger partial charge in [-0.05, 0) is 30.9 Å². The Bertz CT molecular complexity index is 1010. The number of imidazole rings is 1. The van der Waals surface area contributed by atoms with Gasteiger partial charge in [-0.15, -0.1) is 0 Å². The number of primary amides is 1. The van der Waals surface area contributed by atoms with Gasteiger partial charge >= 0.3 is 6.09 Å². The number of nitrogens with zero attached hydrogens (tertiary/aromatic N) is 3. The standard InChI is InChI=1S/C20H22FN5O4/c21-8-13-10-30-20(28)26(13)16-9-25-5-6-29-15-7-12(3-4-14(15)19(25)24-16)23-17(18(22)27)11-1-2-11/h3-4,7,9,11,13,17,23H,1-2,5-6,8,10H2,(H2,22,27)/t13?,17-/m0/s1. The Morgan fingerprint density at radius 2 is 2.20 bits per heavy atom. The van der Waals surface area contributed by atoms with E-state index in [1.165, 1.54) is 4.90 Å². The Hall–Kier alpha value is -3.30. The van der Waals surface area contributed by atoms with Crippen molar-refractivity contribution in [3.8, 4) is 17.1 Å². The highest BCUT2D eigenvalue weighted by molar-refractivity contribution is 5.89. The zero-order chi connectivity index (χ0) is 20.8. The second-order valence-electron chi connectivity index (χ2n) is 7.79. The molecule has 2 atom stereocenters. The molecule has 5 rings (SSSR count). The molecule has 1 saturated heterocycles. The van der Waals surface area contributed by atoms with Crippen molar-refractivity contribution in [3.63, 3.8) is 0 Å². The molecular formula is C20H22FN5O4. The van der Waals surface area contributed by atoms with Crippen LogP contribution in [0.15, 0.2) is 24.4 Å². The van der Waals surface area contributed by atoms with Crippen LogP contribution >= 0.6 is 0 Å². The van der Waals surface area contributed by atoms with Crippen LogP contribution in [-0.2, 0) is 16.1 Å². The summed E-state index contributed by atoms with van der Waals surface area (Å²) < 4.78 is 26.0. The minimum Gasteiger partial charge on any atom is -0.491 e. The maximum atomic E-state index is 13.3. The number of nitrogens with one attached hydrogen (secondary N) is 1. The lowest BCUT2D eigenvalue weighted by atomic mass is 10.1. The highest BCUT2D eigenvalue weighted by Crippen LogP contribution is 2.38. The monoisotopic (exact) mass is 415 g/mol. The van der Waals surface area contributed by atoms with Crippen molar-refractivity contribution in [1.82, 2.24) is 9.55 Å². The minimum absolute atomic E-state index is 0.00821. The van der Waals surface area contributed by atoms with E-state index in [0.29, 0.717) is 30.5 Å². The molecule has 1 aliphatic carbocycles. The van der Waals surface area contributed by atoms with E-state index in [2.05, 4.69) is 10.3 Å². The largest absolute Gasteiger partial charge is 0.491 e. The molecule has 0 bridgehead atoms. The summed E-state index contributed by atoms with van der Waals surface area (Å²) in [6.45, 7) is 0.228. The number of rotatable bonds is 6. The molecule has 1 saturated carbocycles. The maximum absolute atomic E-state index is 13.3. The van der Waals surface area contributed by atoms with Gasteiger partial charge in [-0.1, -0.05) is 0 Å². The van der Waals surface area contributed by atoms with Crippen molar-refractivity contribution in [2.75, 3.05) is 30.1 Å². The van der Waals surface area contributed by atoms with Crippen LogP contribution in [-0.4, -0.2) is 53.5 Å². The molecule has 10 heteroatoms. The first-order valence-electron chi connectivity index (χ1n) is 9.97. The highest BCUT2D eigenvalue weighted by atomic mass is 19.1. The first-order chi connectivity index (χ1) is 14.5. The average molecular weight is 415 g/mol. The maximum Gasteiger partial charge on any atom is 0.416 e. The lowest BCUT2D eigenvalue weighted by Crippen LogP contribution is -2.37. The van der Waals surface area contributed by atoms with E-state index in [1.54, 1.807) is 6.20 Å². The van der Waals surface area contributed by atoms with E-state index in [0.717, 1.165) is 24.1 Å². The Kier molecular flexibility index (Phi) is 4.48. The summed E-state index contributed by atoms with van der Waals surface area (Å²) >= 11 is 0. The van der Waals surface area contributed by atoms with Crippen molar-refractivity contribution in [1.29, 1.82) is 0 Å². The number of amides is 2. The molecule has 1 aromatic heterocycles. The molecule has 3 N–H and O–H groups in total. The van der Waals surface area contributed by atoms with Crippen molar-refractivity contribution >= 4 is 23.5 Å². The predicted octanol–water partition coefficient (Wildman–Crippen LogP) is 1.91. The number of halogens is 1. The first-order valence-corrected chi connectivity index (χ1v) is 9.97. The Balaban J connectivity index is 1.46. The third-order valence-corrected chi connectivity index (χ3v) is 5.68. The predicted molar refractivity (Wildman–Crippen MR) is 106 cm³/mol. The number of carbonyl (C=O) groups is 2. The molecule has 3 heterocycles. The van der Waals surface area contributed by atoms with Gasteiger partial charge in [-0.3, -0.25) is 9.69 Å². The normalized spacial score (nSPS) is 21.2. The number of nitrogens with two attached hydrogens (primary N) is 1. The van der Waals surface area contributed by atoms with Gasteiger partial charge < -0.3 is 25.1 Å². The number of aromatic nitrogens is 2. The SMILES string of the molecule is NC(=O)[C@@H](Nc1ccc2c(c1)OCCn1cc(N3C(=O)OCC3CF)nc1-2)C1CC1. The van der Waals surface area contributed by atoms with Gasteiger partial charge in [-0.2, -0.15) is 0 Å². The van der Waals surface area contributed by atoms with Gasteiger partial charge in [-0.25, -0.2) is 14.2 Å². The molecule has 9 nitrogen and oxygen atoms in total. The Labute approximate surface area is 171 Å². The fourth-order valence-electron chi connectivity index (χ4n) is 3.96. The van der Waals surface area contributed by atoms with E-state index in [9.17, 15) is 14.0 Å². The number of alkyl halides is 1. The zero-order valence-corrected chi connectivity index (χ0v) is 16.2. The number of ether oxygens (including phenoxy) is 2. The molecule has 2 aliphatic heterocycles. The summed E-state index contributed by atoms with van der Waals surface area (Å²) in [5, 5.41) is 3.21. The van der Waals surface area contributed by atoms with Gasteiger partial charge in [0.2, 0.25) is 5.91 Å². The molecule has 2 aromatic rings. The molecule has 158 valence electrons. The fraction of sp³-hybridized carbons (Fsp3) is 0.450. The van der Waals surface area contributed by atoms with Crippen LogP contribution in [0.3, 0.4) is 0 Å². The third kappa shape index (κ3) is 3.21. The third-order valence-electron chi connectivity index (χ3n) is 5.68. The van der Waals surface area contributed by atoms with Gasteiger partial charge in [0, 0.05) is 18.0 Å². The van der Waals surface area contributed by atoms with E-state index in [1.807, 2.05) is 22.8 Å². The molecule has 2 amide bonds. The second-order valence-corrected chi connectivity index (χ2v) is 7.79. The number of hydrogen-bond donors (Lipinski definition) is 2. The van der Waals surface area contributed by atoms with Crippen LogP contribution in [0.25, 0.3) is 11.4 Å². The molecule has 0 radical (unpaired) electrons. The number of anilines is 2. The second kappa shape index (κ2) is 7.19. The zero-order valence-electron chi connectivity index (χ0n) is 16.2. The molecule has 1 aromatic carbocycles. The number of cyclic esters (lactones) is 1. The van der Waals surface area contributed by atoms with Gasteiger partial charge in [0.25, 0.3) is 0 Å². The van der Waals surface area contributed by atoms with E-state index >= 15 is 0 Å². The molecule has 3 aliphatic rings. The quantitative estimate of drug-likeness (QED) is 0.746. The number of fused-ring (bicyclic) bond motifs is 3. The molecular weight excluding hydrogens is 393 g/mol. The summed E-state index contributed by atoms with van der Waals surface area (Å²) in [6.07, 6.45) is 3.09. The van der Waals surface area contributed by atoms with Crippen LogP contribution in [0.4, 0.5) is 20.7 Å². The first kappa shape index (κ1) is 18.7. The Morgan fingerprint density at radius 3 is 2.93 bits per heavy atom. The van der Waals surface area contributed by atoms with Gasteiger partial charge in [0.1, 0.15) is 43.5 Å². The summed E-state index contributed by atoms with van der Waals surface area (Å²) in [7, 11) is 0. The lowest BCUT2D eigenvalue weighted by Gasteiger charge is -2.17. The number of carbonyl (C=O) groups excluding carboxylic acids is 2. The molecule has 1 unspecified atom stereocenters. The van der Waals surface area contributed by atoms with Crippen molar-refractivity contribution in [2.24, 2.45) is 11.7 Å². The van der Waals surface area contributed by atoms with Crippen molar-refractivity contribution < 1.29 is 23.5 Å². The number of hydrogen-bond acceptors (Lipinski definition) is 6. The van der Waals surface area contributed by atoms with Crippen LogP contribution in [0, 0.1) is 5.92 Å². The van der Waals surface area contributed by atoms with E-state index in [-0.39, 0.29) is 18.4 Å². The lowest BCUT2D eigenvalue weighted by molar-refractivity contribution is -0.119. The van der Waals surface area contributed by atoms with Crippen LogP contribution in [0.5, 0.6) is 5.75 Å². The van der Waals surface area contributed by atoms with Crippen molar-refractivity contribution in [3.05, 3.63) is 24.4 Å². The Morgan fingerprint density at radius 1 is 1.37 bits per heavy atom. The van der Waals surface area contributed by atoms with E-state index in [4.69, 9.17) is 15.2 Å². The van der Waals surface area contributed by atoms with Crippen LogP contribution in [0.1, 0.15) is 12.8 Å². The number of benzene rings is 1. The highest BCUT2D eigenvalue weighted by Gasteiger charge is 2.37. The summed E-state index contributed by atoms with van der Waals surface area (Å²) in [5.74, 6) is 1.49. The van der Waals surface area contributed by atoms with Crippen LogP contribution in [0.2, 0.25) is 0 Å². The van der Waals surface area contributed by atoms with Gasteiger partial charge in [0.05, 0.1) is 12.1 Å². The average Bonchev–Trinajstić information content (AvgIpc) is 3.42. The van der Waals surface area contributed by atoms with Crippen LogP contribution < -0.4 is 20.7 Å². The molecule has 0 spiro atoms. The molecule has 2 fully saturated rings. The van der Waals surface area contributed by atoms with Gasteiger partial charge in [0.15, 0.2) is 5.82 Å². The van der Waals surface area contributed by atoms with E-state index < -0.39 is 24.9 Å². The minimum atomic E-state index is -0.704. The summed E-state index contributed by atoms with van der Waals surface area (Å²) in [5.41, 5.74) is 7.02. The summed E-state index contributed by atoms with van der Waals surface area (Å²) in [4.78, 5) is 29.6. The topological polar surface area (TPSA) is 112 Å².